The van der Waals surface area contributed by atoms with Gasteiger partial charge in [0, 0.05) is 0 Å². The van der Waals surface area contributed by atoms with Gasteiger partial charge in [0.1, 0.15) is 6.35 Å². The van der Waals surface area contributed by atoms with Gasteiger partial charge in [0.2, 0.25) is 0 Å². The zero-order chi connectivity index (χ0) is 22.3. The monoisotopic (exact) mass is 448 g/mol. The van der Waals surface area contributed by atoms with Crippen molar-refractivity contribution in [1.29, 1.82) is 0 Å². The van der Waals surface area contributed by atoms with Crippen LogP contribution in [0.3, 0.4) is 0 Å². The molecule has 1 saturated carbocycles. The van der Waals surface area contributed by atoms with Crippen molar-refractivity contribution < 1.29 is 23.5 Å². The van der Waals surface area contributed by atoms with Gasteiger partial charge in [-0.15, -0.1) is 0 Å². The Morgan fingerprint density at radius 3 is 1.73 bits per heavy atom. The Balaban J connectivity index is 2.03. The second-order valence-electron chi connectivity index (χ2n) is 9.94. The summed E-state index contributed by atoms with van der Waals surface area (Å²) in [5, 5.41) is 2.18. The number of rotatable bonds is 8. The second-order valence-corrected chi connectivity index (χ2v) is 15.8. The molecule has 1 fully saturated rings. The Labute approximate surface area is 180 Å². The van der Waals surface area contributed by atoms with E-state index in [4.69, 9.17) is 9.16 Å². The first kappa shape index (κ1) is 23.4. The van der Waals surface area contributed by atoms with Gasteiger partial charge in [0.15, 0.2) is 0 Å². The topological polar surface area (TPSA) is 76.0 Å². The number of benzene rings is 2. The Morgan fingerprint density at radius 1 is 0.967 bits per heavy atom. The van der Waals surface area contributed by atoms with Crippen molar-refractivity contribution in [1.82, 2.24) is 0 Å². The molecule has 7 heteroatoms. The van der Waals surface area contributed by atoms with Crippen LogP contribution in [0.25, 0.3) is 0 Å². The summed E-state index contributed by atoms with van der Waals surface area (Å²) in [4.78, 5) is 18.7. The van der Waals surface area contributed by atoms with Gasteiger partial charge in [-0.2, -0.15) is 0 Å². The van der Waals surface area contributed by atoms with Gasteiger partial charge in [0.25, 0.3) is 8.32 Å². The van der Waals surface area contributed by atoms with Crippen LogP contribution in [0.5, 0.6) is 0 Å². The zero-order valence-corrected chi connectivity index (χ0v) is 20.4. The third-order valence-electron chi connectivity index (χ3n) is 6.28. The predicted octanol–water partition coefficient (Wildman–Crippen LogP) is 3.88. The number of ether oxygens (including phenoxy) is 1. The van der Waals surface area contributed by atoms with Crippen molar-refractivity contribution in [2.75, 3.05) is 13.0 Å². The minimum Gasteiger partial charge on any atom is -0.404 e. The van der Waals surface area contributed by atoms with E-state index in [-0.39, 0.29) is 10.5 Å². The van der Waals surface area contributed by atoms with Gasteiger partial charge in [-0.1, -0.05) is 95.3 Å². The van der Waals surface area contributed by atoms with Crippen LogP contribution in [0.2, 0.25) is 5.04 Å². The van der Waals surface area contributed by atoms with Gasteiger partial charge >= 0.3 is 7.60 Å². The molecule has 0 aromatic heterocycles. The molecule has 2 N–H and O–H groups in total. The average Bonchev–Trinajstić information content (AvgIpc) is 3.22. The highest BCUT2D eigenvalue weighted by molar-refractivity contribution is 7.51. The van der Waals surface area contributed by atoms with Crippen molar-refractivity contribution in [3.05, 3.63) is 60.7 Å². The van der Waals surface area contributed by atoms with Gasteiger partial charge in [-0.05, 0) is 27.2 Å². The van der Waals surface area contributed by atoms with E-state index in [0.29, 0.717) is 13.0 Å². The van der Waals surface area contributed by atoms with Gasteiger partial charge in [-0.3, -0.25) is 4.57 Å². The lowest BCUT2D eigenvalue weighted by Gasteiger charge is -2.44. The summed E-state index contributed by atoms with van der Waals surface area (Å²) in [6, 6.07) is 20.7. The molecule has 1 aliphatic rings. The zero-order valence-electron chi connectivity index (χ0n) is 18.5. The molecular formula is C23H33O5PSi. The lowest BCUT2D eigenvalue weighted by atomic mass is 10.1. The van der Waals surface area contributed by atoms with Crippen molar-refractivity contribution in [2.45, 2.75) is 51.7 Å². The number of hydrogen-bond donors (Lipinski definition) is 2. The molecule has 1 aliphatic carbocycles. The van der Waals surface area contributed by atoms with Crippen molar-refractivity contribution in [3.8, 4) is 0 Å². The van der Waals surface area contributed by atoms with Crippen LogP contribution in [0.4, 0.5) is 0 Å². The fourth-order valence-electron chi connectivity index (χ4n) is 4.40. The molecule has 0 amide bonds. The summed E-state index contributed by atoms with van der Waals surface area (Å²) in [5.41, 5.74) is -0.894. The Morgan fingerprint density at radius 2 is 1.40 bits per heavy atom. The molecule has 2 aromatic carbocycles. The van der Waals surface area contributed by atoms with Crippen LogP contribution in [0, 0.1) is 5.41 Å². The van der Waals surface area contributed by atoms with Crippen molar-refractivity contribution in [2.24, 2.45) is 5.41 Å². The van der Waals surface area contributed by atoms with Crippen LogP contribution < -0.4 is 10.4 Å². The van der Waals surface area contributed by atoms with E-state index < -0.39 is 27.9 Å². The molecule has 5 nitrogen and oxygen atoms in total. The van der Waals surface area contributed by atoms with E-state index in [9.17, 15) is 14.4 Å². The Hall–Kier alpha value is -1.27. The van der Waals surface area contributed by atoms with Gasteiger partial charge in [-0.25, -0.2) is 0 Å². The van der Waals surface area contributed by atoms with E-state index in [1.54, 1.807) is 0 Å². The quantitative estimate of drug-likeness (QED) is 0.473. The summed E-state index contributed by atoms with van der Waals surface area (Å²) < 4.78 is 24.2. The standard InChI is InChI=1S/C23H33O5PSi/c1-21(2,3)30(19-12-8-6-9-13-19,20-14-10-7-11-15-20)28-17-23(16-22(23,4)5)27-18-29(24,25)26/h6-15H,16-18H2,1-5H3,(H2,24,25,26). The molecule has 0 spiro atoms. The third kappa shape index (κ3) is 4.50. The van der Waals surface area contributed by atoms with E-state index >= 15 is 0 Å². The summed E-state index contributed by atoms with van der Waals surface area (Å²) in [7, 11) is -6.99. The Bertz CT molecular complexity index is 865. The predicted molar refractivity (Wildman–Crippen MR) is 123 cm³/mol. The van der Waals surface area contributed by atoms with E-state index in [0.717, 1.165) is 0 Å². The van der Waals surface area contributed by atoms with E-state index in [2.05, 4.69) is 58.9 Å². The van der Waals surface area contributed by atoms with Crippen molar-refractivity contribution >= 4 is 26.3 Å². The molecule has 0 saturated heterocycles. The summed E-state index contributed by atoms with van der Waals surface area (Å²) >= 11 is 0. The Kier molecular flexibility index (Phi) is 6.25. The fourth-order valence-corrected chi connectivity index (χ4v) is 9.42. The van der Waals surface area contributed by atoms with Crippen molar-refractivity contribution in [3.63, 3.8) is 0 Å². The van der Waals surface area contributed by atoms with Gasteiger partial charge < -0.3 is 18.9 Å². The largest absolute Gasteiger partial charge is 0.404 e. The molecule has 0 bridgehead atoms. The van der Waals surface area contributed by atoms with Crippen LogP contribution >= 0.6 is 7.60 Å². The summed E-state index contributed by atoms with van der Waals surface area (Å²) in [6.07, 6.45) is 0.124. The first-order valence-electron chi connectivity index (χ1n) is 10.3. The molecule has 0 radical (unpaired) electrons. The summed E-state index contributed by atoms with van der Waals surface area (Å²) in [5.74, 6) is 0. The minimum absolute atomic E-state index is 0.167. The maximum absolute atomic E-state index is 11.5. The summed E-state index contributed by atoms with van der Waals surface area (Å²) in [6.45, 7) is 11.0. The minimum atomic E-state index is -4.26. The highest BCUT2D eigenvalue weighted by atomic mass is 31.2. The number of hydrogen-bond acceptors (Lipinski definition) is 3. The maximum Gasteiger partial charge on any atom is 0.351 e. The smallest absolute Gasteiger partial charge is 0.351 e. The normalized spacial score (nSPS) is 21.4. The van der Waals surface area contributed by atoms with Crippen LogP contribution in [0.1, 0.15) is 41.0 Å². The molecule has 30 heavy (non-hydrogen) atoms. The first-order valence-corrected chi connectivity index (χ1v) is 14.0. The lowest BCUT2D eigenvalue weighted by molar-refractivity contribution is -0.00974. The van der Waals surface area contributed by atoms with Crippen LogP contribution in [-0.4, -0.2) is 36.7 Å². The highest BCUT2D eigenvalue weighted by Crippen LogP contribution is 2.60. The van der Waals surface area contributed by atoms with Crippen LogP contribution in [-0.2, 0) is 13.7 Å². The first-order chi connectivity index (χ1) is 13.8. The molecular weight excluding hydrogens is 415 g/mol. The maximum atomic E-state index is 11.5. The SMILES string of the molecule is CC1(C)CC1(CO[Si](c1ccccc1)(c1ccccc1)C(C)(C)C)OCP(=O)(O)O. The molecule has 164 valence electrons. The molecule has 1 unspecified atom stereocenters. The van der Waals surface area contributed by atoms with E-state index in [1.165, 1.54) is 10.4 Å². The van der Waals surface area contributed by atoms with Gasteiger partial charge in [0.05, 0.1) is 12.2 Å². The molecule has 0 heterocycles. The second kappa shape index (κ2) is 8.01. The van der Waals surface area contributed by atoms with Crippen LogP contribution in [0.15, 0.2) is 60.7 Å². The molecule has 1 atom stereocenters. The lowest BCUT2D eigenvalue weighted by Crippen LogP contribution is -2.67. The molecule has 3 rings (SSSR count). The third-order valence-corrected chi connectivity index (χ3v) is 11.7. The molecule has 0 aliphatic heterocycles. The average molecular weight is 449 g/mol. The highest BCUT2D eigenvalue weighted by Gasteiger charge is 2.65. The fraction of sp³-hybridized carbons (Fsp3) is 0.478. The van der Waals surface area contributed by atoms with E-state index in [1.807, 2.05) is 36.4 Å². The molecule has 2 aromatic rings.